The lowest BCUT2D eigenvalue weighted by Gasteiger charge is -1.96. The van der Waals surface area contributed by atoms with Crippen molar-refractivity contribution in [1.82, 2.24) is 9.97 Å². The summed E-state index contributed by atoms with van der Waals surface area (Å²) >= 11 is 0. The van der Waals surface area contributed by atoms with Gasteiger partial charge in [-0.2, -0.15) is 0 Å². The first-order chi connectivity index (χ1) is 5.84. The standard InChI is InChI=1S/C8H11N3O/c9-3-1-2-8(12)7-6-10-4-5-11-7/h4-6H,1-3,9H2. The second-order valence-electron chi connectivity index (χ2n) is 2.41. The molecule has 0 unspecified atom stereocenters. The van der Waals surface area contributed by atoms with Crippen LogP contribution in [0.2, 0.25) is 0 Å². The van der Waals surface area contributed by atoms with Crippen LogP contribution in [0.25, 0.3) is 0 Å². The van der Waals surface area contributed by atoms with E-state index in [4.69, 9.17) is 5.73 Å². The van der Waals surface area contributed by atoms with Crippen molar-refractivity contribution >= 4 is 5.78 Å². The Balaban J connectivity index is 2.54. The summed E-state index contributed by atoms with van der Waals surface area (Å²) in [4.78, 5) is 18.9. The van der Waals surface area contributed by atoms with E-state index >= 15 is 0 Å². The van der Waals surface area contributed by atoms with Crippen molar-refractivity contribution < 1.29 is 4.79 Å². The van der Waals surface area contributed by atoms with Crippen LogP contribution >= 0.6 is 0 Å². The molecule has 0 saturated carbocycles. The van der Waals surface area contributed by atoms with Crippen molar-refractivity contribution in [3.63, 3.8) is 0 Å². The quantitative estimate of drug-likeness (QED) is 0.655. The van der Waals surface area contributed by atoms with E-state index in [0.717, 1.165) is 0 Å². The number of rotatable bonds is 4. The largest absolute Gasteiger partial charge is 0.330 e. The van der Waals surface area contributed by atoms with Gasteiger partial charge in [-0.3, -0.25) is 9.78 Å². The van der Waals surface area contributed by atoms with Crippen LogP contribution in [0.5, 0.6) is 0 Å². The maximum atomic E-state index is 11.2. The SMILES string of the molecule is NCCCC(=O)c1cnccn1. The lowest BCUT2D eigenvalue weighted by molar-refractivity contribution is 0.0975. The molecule has 0 aliphatic heterocycles. The van der Waals surface area contributed by atoms with Gasteiger partial charge in [0.15, 0.2) is 5.78 Å². The van der Waals surface area contributed by atoms with Crippen LogP contribution in [0.4, 0.5) is 0 Å². The smallest absolute Gasteiger partial charge is 0.182 e. The number of hydrogen-bond acceptors (Lipinski definition) is 4. The van der Waals surface area contributed by atoms with Crippen LogP contribution in [0, 0.1) is 0 Å². The molecule has 0 spiro atoms. The Morgan fingerprint density at radius 1 is 1.50 bits per heavy atom. The summed E-state index contributed by atoms with van der Waals surface area (Å²) in [6.07, 6.45) is 5.68. The summed E-state index contributed by atoms with van der Waals surface area (Å²) in [5.41, 5.74) is 5.69. The molecule has 2 N–H and O–H groups in total. The number of ketones is 1. The van der Waals surface area contributed by atoms with Crippen LogP contribution in [0.15, 0.2) is 18.6 Å². The van der Waals surface area contributed by atoms with Gasteiger partial charge in [0.05, 0.1) is 6.20 Å². The number of hydrogen-bond donors (Lipinski definition) is 1. The first kappa shape index (κ1) is 8.80. The van der Waals surface area contributed by atoms with E-state index in [-0.39, 0.29) is 5.78 Å². The van der Waals surface area contributed by atoms with E-state index in [1.165, 1.54) is 12.4 Å². The van der Waals surface area contributed by atoms with E-state index in [0.29, 0.717) is 25.1 Å². The molecule has 0 amide bonds. The Kier molecular flexibility index (Phi) is 3.35. The maximum absolute atomic E-state index is 11.2. The summed E-state index contributed by atoms with van der Waals surface area (Å²) in [6.45, 7) is 0.534. The van der Waals surface area contributed by atoms with E-state index in [1.54, 1.807) is 6.20 Å². The van der Waals surface area contributed by atoms with Crippen molar-refractivity contribution in [3.8, 4) is 0 Å². The minimum atomic E-state index is 0.00792. The number of nitrogens with two attached hydrogens (primary N) is 1. The van der Waals surface area contributed by atoms with Gasteiger partial charge in [0.25, 0.3) is 0 Å². The Hall–Kier alpha value is -1.29. The third-order valence-electron chi connectivity index (χ3n) is 1.46. The average molecular weight is 165 g/mol. The van der Waals surface area contributed by atoms with Crippen LogP contribution in [-0.2, 0) is 0 Å². The molecule has 1 rings (SSSR count). The third kappa shape index (κ3) is 2.39. The Bertz CT molecular complexity index is 248. The molecule has 0 aliphatic carbocycles. The Morgan fingerprint density at radius 2 is 2.33 bits per heavy atom. The molecule has 0 aromatic carbocycles. The number of carbonyl (C=O) groups is 1. The average Bonchev–Trinajstić information content (AvgIpc) is 2.15. The second-order valence-corrected chi connectivity index (χ2v) is 2.41. The zero-order valence-electron chi connectivity index (χ0n) is 6.73. The monoisotopic (exact) mass is 165 g/mol. The summed E-state index contributed by atoms with van der Waals surface area (Å²) < 4.78 is 0. The highest BCUT2D eigenvalue weighted by atomic mass is 16.1. The summed E-state index contributed by atoms with van der Waals surface area (Å²) in [7, 11) is 0. The third-order valence-corrected chi connectivity index (χ3v) is 1.46. The van der Waals surface area contributed by atoms with Gasteiger partial charge in [-0.15, -0.1) is 0 Å². The van der Waals surface area contributed by atoms with E-state index in [2.05, 4.69) is 9.97 Å². The predicted octanol–water partition coefficient (Wildman–Crippen LogP) is 0.398. The lowest BCUT2D eigenvalue weighted by Crippen LogP contribution is -2.06. The fraction of sp³-hybridized carbons (Fsp3) is 0.375. The molecule has 4 heteroatoms. The molecule has 64 valence electrons. The van der Waals surface area contributed by atoms with E-state index in [1.807, 2.05) is 0 Å². The molecule has 4 nitrogen and oxygen atoms in total. The molecule has 0 saturated heterocycles. The zero-order chi connectivity index (χ0) is 8.81. The minimum Gasteiger partial charge on any atom is -0.330 e. The zero-order valence-corrected chi connectivity index (χ0v) is 6.73. The van der Waals surface area contributed by atoms with Crippen LogP contribution in [0.3, 0.4) is 0 Å². The highest BCUT2D eigenvalue weighted by molar-refractivity contribution is 5.93. The van der Waals surface area contributed by atoms with Crippen LogP contribution in [0.1, 0.15) is 23.3 Å². The van der Waals surface area contributed by atoms with Gasteiger partial charge >= 0.3 is 0 Å². The number of Topliss-reactive ketones (excluding diaryl/α,β-unsaturated/α-hetero) is 1. The van der Waals surface area contributed by atoms with E-state index < -0.39 is 0 Å². The van der Waals surface area contributed by atoms with Crippen molar-refractivity contribution in [2.45, 2.75) is 12.8 Å². The molecule has 1 aromatic heterocycles. The molecule has 0 bridgehead atoms. The summed E-state index contributed by atoms with van der Waals surface area (Å²) in [6, 6.07) is 0. The number of carbonyl (C=O) groups excluding carboxylic acids is 1. The van der Waals surface area contributed by atoms with Gasteiger partial charge in [0.1, 0.15) is 5.69 Å². The predicted molar refractivity (Wildman–Crippen MR) is 44.7 cm³/mol. The number of nitrogens with zero attached hydrogens (tertiary/aromatic N) is 2. The first-order valence-electron chi connectivity index (χ1n) is 3.84. The highest BCUT2D eigenvalue weighted by Gasteiger charge is 2.04. The van der Waals surface area contributed by atoms with Gasteiger partial charge in [-0.05, 0) is 13.0 Å². The molecule has 0 aliphatic rings. The van der Waals surface area contributed by atoms with Crippen LogP contribution < -0.4 is 5.73 Å². The molecule has 1 aromatic rings. The van der Waals surface area contributed by atoms with Crippen molar-refractivity contribution in [2.24, 2.45) is 5.73 Å². The Morgan fingerprint density at radius 3 is 2.92 bits per heavy atom. The summed E-state index contributed by atoms with van der Waals surface area (Å²) in [5.74, 6) is 0.00792. The molecule has 0 radical (unpaired) electrons. The van der Waals surface area contributed by atoms with E-state index in [9.17, 15) is 4.79 Å². The Labute approximate surface area is 70.8 Å². The summed E-state index contributed by atoms with van der Waals surface area (Å²) in [5, 5.41) is 0. The minimum absolute atomic E-state index is 0.00792. The van der Waals surface area contributed by atoms with Gasteiger partial charge in [-0.1, -0.05) is 0 Å². The van der Waals surface area contributed by atoms with Crippen LogP contribution in [-0.4, -0.2) is 22.3 Å². The first-order valence-corrected chi connectivity index (χ1v) is 3.84. The highest BCUT2D eigenvalue weighted by Crippen LogP contribution is 1.98. The molecular formula is C8H11N3O. The topological polar surface area (TPSA) is 68.9 Å². The van der Waals surface area contributed by atoms with Crippen molar-refractivity contribution in [2.75, 3.05) is 6.54 Å². The lowest BCUT2D eigenvalue weighted by atomic mass is 10.2. The molecule has 12 heavy (non-hydrogen) atoms. The van der Waals surface area contributed by atoms with Gasteiger partial charge < -0.3 is 5.73 Å². The van der Waals surface area contributed by atoms with Gasteiger partial charge in [0.2, 0.25) is 0 Å². The van der Waals surface area contributed by atoms with Crippen molar-refractivity contribution in [3.05, 3.63) is 24.3 Å². The van der Waals surface area contributed by atoms with Gasteiger partial charge in [0, 0.05) is 18.8 Å². The molecule has 1 heterocycles. The normalized spacial score (nSPS) is 9.75. The fourth-order valence-corrected chi connectivity index (χ4v) is 0.834. The fourth-order valence-electron chi connectivity index (χ4n) is 0.834. The maximum Gasteiger partial charge on any atom is 0.182 e. The second kappa shape index (κ2) is 4.56. The van der Waals surface area contributed by atoms with Gasteiger partial charge in [-0.25, -0.2) is 4.98 Å². The molecular weight excluding hydrogens is 154 g/mol. The van der Waals surface area contributed by atoms with Crippen molar-refractivity contribution in [1.29, 1.82) is 0 Å². The molecule has 0 atom stereocenters. The molecule has 0 fully saturated rings. The number of aromatic nitrogens is 2.